The molecule has 0 amide bonds. The number of hydrogen-bond acceptors (Lipinski definition) is 1. The highest BCUT2D eigenvalue weighted by Crippen LogP contribution is 2.51. The molecule has 1 aromatic carbocycles. The molecule has 2 aliphatic rings. The second-order valence-electron chi connectivity index (χ2n) is 8.00. The molecule has 0 aromatic heterocycles. The number of hydrogen-bond donors (Lipinski definition) is 0. The van der Waals surface area contributed by atoms with Crippen LogP contribution in [0.5, 0.6) is 5.75 Å². The Kier molecular flexibility index (Phi) is 4.09. The summed E-state index contributed by atoms with van der Waals surface area (Å²) in [6, 6.07) is 6.99. The van der Waals surface area contributed by atoms with Gasteiger partial charge < -0.3 is 4.74 Å². The van der Waals surface area contributed by atoms with Crippen molar-refractivity contribution in [3.05, 3.63) is 41.0 Å². The second kappa shape index (κ2) is 5.76. The molecule has 1 heterocycles. The van der Waals surface area contributed by atoms with Gasteiger partial charge in [-0.25, -0.2) is 0 Å². The van der Waals surface area contributed by atoms with E-state index in [9.17, 15) is 0 Å². The highest BCUT2D eigenvalue weighted by Gasteiger charge is 2.44. The van der Waals surface area contributed by atoms with Gasteiger partial charge in [0.25, 0.3) is 0 Å². The van der Waals surface area contributed by atoms with E-state index in [2.05, 4.69) is 58.9 Å². The van der Waals surface area contributed by atoms with Crippen molar-refractivity contribution in [1.82, 2.24) is 0 Å². The maximum absolute atomic E-state index is 6.45. The monoisotopic (exact) mass is 298 g/mol. The van der Waals surface area contributed by atoms with E-state index >= 15 is 0 Å². The standard InChI is InChI=1S/C21H30O/c1-6-14(2)11-16-8-9-17-18-12-15(3)7-10-19(18)21(4,5)22-20(17)13-16/h7-9,13-14,18-19H,6,10-12H2,1-5H3/t14-,18+,19-/m1/s1. The van der Waals surface area contributed by atoms with Gasteiger partial charge in [-0.2, -0.15) is 0 Å². The normalized spacial score (nSPS) is 27.2. The molecule has 0 unspecified atom stereocenters. The first kappa shape index (κ1) is 15.6. The molecule has 3 rings (SSSR count). The van der Waals surface area contributed by atoms with Crippen LogP contribution in [0, 0.1) is 11.8 Å². The lowest BCUT2D eigenvalue weighted by Crippen LogP contribution is -2.45. The van der Waals surface area contributed by atoms with Gasteiger partial charge in [0.15, 0.2) is 0 Å². The Morgan fingerprint density at radius 2 is 2.09 bits per heavy atom. The molecule has 22 heavy (non-hydrogen) atoms. The Bertz CT molecular complexity index is 582. The number of fused-ring (bicyclic) bond motifs is 3. The molecule has 1 aliphatic carbocycles. The fraction of sp³-hybridized carbons (Fsp3) is 0.619. The molecule has 0 bridgehead atoms. The van der Waals surface area contributed by atoms with Crippen LogP contribution in [0.25, 0.3) is 0 Å². The molecule has 120 valence electrons. The molecule has 0 saturated carbocycles. The fourth-order valence-corrected chi connectivity index (χ4v) is 4.17. The third-order valence-electron chi connectivity index (χ3n) is 5.77. The van der Waals surface area contributed by atoms with Gasteiger partial charge >= 0.3 is 0 Å². The fourth-order valence-electron chi connectivity index (χ4n) is 4.17. The third kappa shape index (κ3) is 2.83. The van der Waals surface area contributed by atoms with Gasteiger partial charge in [-0.3, -0.25) is 0 Å². The van der Waals surface area contributed by atoms with Crippen LogP contribution in [0.2, 0.25) is 0 Å². The summed E-state index contributed by atoms with van der Waals surface area (Å²) < 4.78 is 6.45. The van der Waals surface area contributed by atoms with Crippen molar-refractivity contribution in [3.63, 3.8) is 0 Å². The van der Waals surface area contributed by atoms with Gasteiger partial charge in [0.1, 0.15) is 11.4 Å². The largest absolute Gasteiger partial charge is 0.487 e. The van der Waals surface area contributed by atoms with E-state index in [4.69, 9.17) is 4.74 Å². The first-order valence-electron chi connectivity index (χ1n) is 8.88. The van der Waals surface area contributed by atoms with Crippen molar-refractivity contribution >= 4 is 0 Å². The zero-order chi connectivity index (χ0) is 15.9. The minimum Gasteiger partial charge on any atom is -0.487 e. The molecule has 0 N–H and O–H groups in total. The van der Waals surface area contributed by atoms with Crippen LogP contribution in [0.3, 0.4) is 0 Å². The molecule has 0 fully saturated rings. The van der Waals surface area contributed by atoms with Crippen molar-refractivity contribution in [3.8, 4) is 5.75 Å². The van der Waals surface area contributed by atoms with Crippen LogP contribution in [-0.2, 0) is 6.42 Å². The average molecular weight is 298 g/mol. The van der Waals surface area contributed by atoms with E-state index < -0.39 is 0 Å². The predicted molar refractivity (Wildman–Crippen MR) is 93.5 cm³/mol. The van der Waals surface area contributed by atoms with E-state index in [1.807, 2.05) is 0 Å². The van der Waals surface area contributed by atoms with Crippen LogP contribution in [0.1, 0.15) is 70.9 Å². The van der Waals surface area contributed by atoms with Gasteiger partial charge in [-0.1, -0.05) is 44.1 Å². The Morgan fingerprint density at radius 1 is 1.32 bits per heavy atom. The minimum absolute atomic E-state index is 0.0656. The molecular weight excluding hydrogens is 268 g/mol. The van der Waals surface area contributed by atoms with E-state index in [0.717, 1.165) is 24.5 Å². The maximum Gasteiger partial charge on any atom is 0.123 e. The maximum atomic E-state index is 6.45. The topological polar surface area (TPSA) is 9.23 Å². The van der Waals surface area contributed by atoms with Gasteiger partial charge in [0.2, 0.25) is 0 Å². The van der Waals surface area contributed by atoms with E-state index in [1.165, 1.54) is 29.5 Å². The summed E-state index contributed by atoms with van der Waals surface area (Å²) in [5.74, 6) is 3.11. The molecule has 3 atom stereocenters. The van der Waals surface area contributed by atoms with Crippen molar-refractivity contribution in [2.45, 2.75) is 71.8 Å². The Balaban J connectivity index is 1.95. The van der Waals surface area contributed by atoms with Crippen molar-refractivity contribution < 1.29 is 4.74 Å². The number of ether oxygens (including phenoxy) is 1. The van der Waals surface area contributed by atoms with Gasteiger partial charge in [0, 0.05) is 5.92 Å². The van der Waals surface area contributed by atoms with E-state index in [-0.39, 0.29) is 5.60 Å². The number of rotatable bonds is 3. The van der Waals surface area contributed by atoms with E-state index in [0.29, 0.717) is 11.8 Å². The lowest BCUT2D eigenvalue weighted by molar-refractivity contribution is 0.00847. The van der Waals surface area contributed by atoms with Crippen molar-refractivity contribution in [1.29, 1.82) is 0 Å². The first-order valence-corrected chi connectivity index (χ1v) is 8.88. The highest BCUT2D eigenvalue weighted by atomic mass is 16.5. The van der Waals surface area contributed by atoms with Crippen LogP contribution >= 0.6 is 0 Å². The SMILES string of the molecule is CC[C@@H](C)Cc1ccc2c(c1)OC(C)(C)[C@@H]1CC=C(C)C[C@@H]21. The molecule has 1 aromatic rings. The lowest BCUT2D eigenvalue weighted by Gasteiger charge is -2.47. The Morgan fingerprint density at radius 3 is 2.82 bits per heavy atom. The summed E-state index contributed by atoms with van der Waals surface area (Å²) in [5.41, 5.74) is 4.33. The summed E-state index contributed by atoms with van der Waals surface area (Å²) in [6.07, 6.45) is 7.14. The molecule has 0 radical (unpaired) electrons. The predicted octanol–water partition coefficient (Wildman–Crippen LogP) is 5.89. The summed E-state index contributed by atoms with van der Waals surface area (Å²) >= 11 is 0. The van der Waals surface area contributed by atoms with Crippen LogP contribution in [0.4, 0.5) is 0 Å². The van der Waals surface area contributed by atoms with Gasteiger partial charge in [0.05, 0.1) is 0 Å². The molecule has 1 heteroatoms. The minimum atomic E-state index is -0.0656. The van der Waals surface area contributed by atoms with Gasteiger partial charge in [-0.05, 0) is 69.1 Å². The average Bonchev–Trinajstić information content (AvgIpc) is 2.46. The third-order valence-corrected chi connectivity index (χ3v) is 5.77. The summed E-state index contributed by atoms with van der Waals surface area (Å²) in [7, 11) is 0. The first-order chi connectivity index (χ1) is 10.4. The molecular formula is C21H30O. The number of benzene rings is 1. The molecule has 1 aliphatic heterocycles. The zero-order valence-electron chi connectivity index (χ0n) is 14.8. The zero-order valence-corrected chi connectivity index (χ0v) is 14.8. The summed E-state index contributed by atoms with van der Waals surface area (Å²) in [6.45, 7) is 11.4. The van der Waals surface area contributed by atoms with Crippen molar-refractivity contribution in [2.24, 2.45) is 11.8 Å². The summed E-state index contributed by atoms with van der Waals surface area (Å²) in [4.78, 5) is 0. The smallest absolute Gasteiger partial charge is 0.123 e. The summed E-state index contributed by atoms with van der Waals surface area (Å²) in [5, 5.41) is 0. The second-order valence-corrected chi connectivity index (χ2v) is 8.00. The molecule has 0 saturated heterocycles. The quantitative estimate of drug-likeness (QED) is 0.633. The van der Waals surface area contributed by atoms with E-state index in [1.54, 1.807) is 0 Å². The Hall–Kier alpha value is -1.24. The lowest BCUT2D eigenvalue weighted by atomic mass is 9.67. The highest BCUT2D eigenvalue weighted by molar-refractivity contribution is 5.44. The molecule has 0 spiro atoms. The van der Waals surface area contributed by atoms with Gasteiger partial charge in [-0.15, -0.1) is 0 Å². The van der Waals surface area contributed by atoms with Crippen molar-refractivity contribution in [2.75, 3.05) is 0 Å². The Labute approximate surface area is 135 Å². The van der Waals surface area contributed by atoms with Crippen LogP contribution in [-0.4, -0.2) is 5.60 Å². The number of allylic oxidation sites excluding steroid dienone is 2. The molecule has 1 nitrogen and oxygen atoms in total. The van der Waals surface area contributed by atoms with Crippen LogP contribution in [0.15, 0.2) is 29.8 Å². The van der Waals surface area contributed by atoms with Crippen LogP contribution < -0.4 is 4.74 Å².